The lowest BCUT2D eigenvalue weighted by Gasteiger charge is -2.26. The fourth-order valence-corrected chi connectivity index (χ4v) is 4.30. The molecule has 0 radical (unpaired) electrons. The SMILES string of the molecule is COc1cc(O)c2c(c1Cl)CC(=NOCC(=O)N1CCCCC1)C=CCCC=CCCCOC2=O. The highest BCUT2D eigenvalue weighted by Crippen LogP contribution is 2.38. The molecule has 2 aliphatic rings. The molecule has 0 aromatic heterocycles. The van der Waals surface area contributed by atoms with Crippen LogP contribution in [0.3, 0.4) is 0 Å². The molecule has 1 aromatic carbocycles. The summed E-state index contributed by atoms with van der Waals surface area (Å²) in [6.07, 6.45) is 14.1. The zero-order valence-electron chi connectivity index (χ0n) is 20.1. The predicted molar refractivity (Wildman–Crippen MR) is 134 cm³/mol. The largest absolute Gasteiger partial charge is 0.507 e. The molecule has 1 aromatic rings. The maximum absolute atomic E-state index is 12.9. The van der Waals surface area contributed by atoms with Crippen molar-refractivity contribution >= 4 is 29.2 Å². The Hall–Kier alpha value is -3.00. The number of amides is 1. The molecule has 0 aliphatic carbocycles. The van der Waals surface area contributed by atoms with E-state index in [-0.39, 0.29) is 47.6 Å². The van der Waals surface area contributed by atoms with Gasteiger partial charge in [-0.3, -0.25) is 4.79 Å². The number of methoxy groups -OCH3 is 1. The number of piperidine rings is 1. The number of carbonyl (C=O) groups is 2. The fourth-order valence-electron chi connectivity index (χ4n) is 4.01. The molecule has 190 valence electrons. The van der Waals surface area contributed by atoms with Crippen LogP contribution in [0.15, 0.2) is 35.5 Å². The molecule has 0 spiro atoms. The molecule has 8 nitrogen and oxygen atoms in total. The first-order chi connectivity index (χ1) is 17.0. The summed E-state index contributed by atoms with van der Waals surface area (Å²) in [4.78, 5) is 32.5. The molecule has 9 heteroatoms. The topological polar surface area (TPSA) is 97.7 Å². The molecule has 3 rings (SSSR count). The highest BCUT2D eigenvalue weighted by atomic mass is 35.5. The number of oxime groups is 1. The van der Waals surface area contributed by atoms with E-state index in [2.05, 4.69) is 17.3 Å². The van der Waals surface area contributed by atoms with Crippen LogP contribution in [-0.2, 0) is 20.8 Å². The first-order valence-corrected chi connectivity index (χ1v) is 12.4. The number of carbonyl (C=O) groups excluding carboxylic acids is 2. The van der Waals surface area contributed by atoms with Crippen LogP contribution < -0.4 is 4.74 Å². The zero-order valence-corrected chi connectivity index (χ0v) is 20.9. The highest BCUT2D eigenvalue weighted by Gasteiger charge is 2.25. The van der Waals surface area contributed by atoms with Crippen LogP contribution in [0.4, 0.5) is 0 Å². The Morgan fingerprint density at radius 2 is 1.89 bits per heavy atom. The maximum atomic E-state index is 12.9. The second-order valence-electron chi connectivity index (χ2n) is 8.47. The minimum Gasteiger partial charge on any atom is -0.507 e. The number of cyclic esters (lactones) is 1. The smallest absolute Gasteiger partial charge is 0.342 e. The Morgan fingerprint density at radius 3 is 2.66 bits per heavy atom. The molecule has 1 saturated heterocycles. The van der Waals surface area contributed by atoms with Crippen LogP contribution in [0.2, 0.25) is 5.02 Å². The van der Waals surface area contributed by atoms with Crippen LogP contribution in [0.5, 0.6) is 11.5 Å². The fraction of sp³-hybridized carbons (Fsp3) is 0.500. The van der Waals surface area contributed by atoms with Crippen molar-refractivity contribution in [3.8, 4) is 11.5 Å². The maximum Gasteiger partial charge on any atom is 0.342 e. The number of esters is 1. The summed E-state index contributed by atoms with van der Waals surface area (Å²) >= 11 is 6.56. The molecule has 2 aliphatic heterocycles. The van der Waals surface area contributed by atoms with Crippen LogP contribution in [0.1, 0.15) is 60.9 Å². The number of hydrogen-bond donors (Lipinski definition) is 1. The number of allylic oxidation sites excluding steroid dienone is 4. The first-order valence-electron chi connectivity index (χ1n) is 12.0. The molecule has 35 heavy (non-hydrogen) atoms. The lowest BCUT2D eigenvalue weighted by Crippen LogP contribution is -2.37. The Kier molecular flexibility index (Phi) is 10.5. The Labute approximate surface area is 211 Å². The van der Waals surface area contributed by atoms with Gasteiger partial charge in [-0.25, -0.2) is 4.79 Å². The van der Waals surface area contributed by atoms with Crippen molar-refractivity contribution in [3.63, 3.8) is 0 Å². The lowest BCUT2D eigenvalue weighted by atomic mass is 9.99. The number of nitrogens with zero attached hydrogens (tertiary/aromatic N) is 2. The van der Waals surface area contributed by atoms with Crippen molar-refractivity contribution in [1.82, 2.24) is 4.90 Å². The Morgan fingerprint density at radius 1 is 1.14 bits per heavy atom. The van der Waals surface area contributed by atoms with E-state index in [0.717, 1.165) is 51.6 Å². The van der Waals surface area contributed by atoms with Crippen molar-refractivity contribution in [1.29, 1.82) is 0 Å². The molecule has 1 N–H and O–H groups in total. The molecule has 1 fully saturated rings. The van der Waals surface area contributed by atoms with Gasteiger partial charge in [0, 0.05) is 25.6 Å². The second-order valence-corrected chi connectivity index (χ2v) is 8.85. The van der Waals surface area contributed by atoms with Crippen molar-refractivity contribution in [2.45, 2.75) is 51.4 Å². The van der Waals surface area contributed by atoms with Crippen molar-refractivity contribution in [3.05, 3.63) is 46.5 Å². The molecule has 2 heterocycles. The third-order valence-corrected chi connectivity index (χ3v) is 6.31. The zero-order chi connectivity index (χ0) is 25.0. The van der Waals surface area contributed by atoms with E-state index in [1.165, 1.54) is 13.2 Å². The van der Waals surface area contributed by atoms with Gasteiger partial charge in [-0.1, -0.05) is 35.0 Å². The van der Waals surface area contributed by atoms with Crippen molar-refractivity contribution in [2.75, 3.05) is 33.4 Å². The summed E-state index contributed by atoms with van der Waals surface area (Å²) in [5.41, 5.74) is 0.724. The number of phenolic OH excluding ortho intramolecular Hbond substituents is 1. The summed E-state index contributed by atoms with van der Waals surface area (Å²) in [7, 11) is 1.43. The van der Waals surface area contributed by atoms with Crippen LogP contribution in [0, 0.1) is 0 Å². The molecule has 0 unspecified atom stereocenters. The van der Waals surface area contributed by atoms with Gasteiger partial charge in [0.2, 0.25) is 0 Å². The number of hydrogen-bond acceptors (Lipinski definition) is 7. The molecular formula is C26H33ClN2O6. The summed E-state index contributed by atoms with van der Waals surface area (Å²) in [6.45, 7) is 1.51. The van der Waals surface area contributed by atoms with E-state index < -0.39 is 5.97 Å². The number of fused-ring (bicyclic) bond motifs is 1. The average Bonchev–Trinajstić information content (AvgIpc) is 2.87. The lowest BCUT2D eigenvalue weighted by molar-refractivity contribution is -0.137. The van der Waals surface area contributed by atoms with Crippen LogP contribution in [-0.4, -0.2) is 61.0 Å². The third-order valence-electron chi connectivity index (χ3n) is 5.89. The van der Waals surface area contributed by atoms with E-state index >= 15 is 0 Å². The van der Waals surface area contributed by atoms with Crippen LogP contribution in [0.25, 0.3) is 0 Å². The number of ether oxygens (including phenoxy) is 2. The number of likely N-dealkylation sites (tertiary alicyclic amines) is 1. The number of phenols is 1. The number of halogens is 1. The monoisotopic (exact) mass is 504 g/mol. The molecular weight excluding hydrogens is 472 g/mol. The van der Waals surface area contributed by atoms with Gasteiger partial charge in [0.1, 0.15) is 17.1 Å². The minimum absolute atomic E-state index is 0.0355. The van der Waals surface area contributed by atoms with Crippen molar-refractivity contribution < 1.29 is 29.0 Å². The Balaban J connectivity index is 1.89. The van der Waals surface area contributed by atoms with Gasteiger partial charge in [-0.15, -0.1) is 0 Å². The van der Waals surface area contributed by atoms with Gasteiger partial charge in [0.05, 0.1) is 24.5 Å². The quantitative estimate of drug-likeness (QED) is 0.358. The van der Waals surface area contributed by atoms with Gasteiger partial charge in [0.15, 0.2) is 6.61 Å². The number of benzene rings is 1. The standard InChI is InChI=1S/C26H33ClN2O6/c1-33-22-17-21(30)24-20(25(22)27)16-19(28-35-18-23(31)29-13-9-7-10-14-29)12-8-5-3-2-4-6-11-15-34-26(24)32/h2,4,8,12,17,30H,3,5-7,9-11,13-16,18H2,1H3. The molecule has 0 atom stereocenters. The third kappa shape index (κ3) is 7.75. The van der Waals surface area contributed by atoms with E-state index in [1.54, 1.807) is 11.0 Å². The van der Waals surface area contributed by atoms with E-state index in [9.17, 15) is 14.7 Å². The number of rotatable bonds is 4. The average molecular weight is 505 g/mol. The van der Waals surface area contributed by atoms with E-state index in [4.69, 9.17) is 25.9 Å². The Bertz CT molecular complexity index is 983. The van der Waals surface area contributed by atoms with Crippen LogP contribution >= 0.6 is 11.6 Å². The van der Waals surface area contributed by atoms with Gasteiger partial charge >= 0.3 is 5.97 Å². The summed E-state index contributed by atoms with van der Waals surface area (Å²) in [5, 5.41) is 15.0. The van der Waals surface area contributed by atoms with Gasteiger partial charge in [-0.2, -0.15) is 0 Å². The molecule has 0 bridgehead atoms. The second kappa shape index (κ2) is 13.8. The summed E-state index contributed by atoms with van der Waals surface area (Å²) in [5.74, 6) is -0.852. The highest BCUT2D eigenvalue weighted by molar-refractivity contribution is 6.33. The van der Waals surface area contributed by atoms with Gasteiger partial charge in [-0.05, 0) is 56.6 Å². The van der Waals surface area contributed by atoms with Gasteiger partial charge in [0.25, 0.3) is 5.91 Å². The summed E-state index contributed by atoms with van der Waals surface area (Å²) < 4.78 is 10.7. The summed E-state index contributed by atoms with van der Waals surface area (Å²) in [6, 6.07) is 1.29. The normalized spacial score (nSPS) is 18.9. The van der Waals surface area contributed by atoms with E-state index in [0.29, 0.717) is 17.7 Å². The minimum atomic E-state index is -0.676. The molecule has 0 saturated carbocycles. The van der Waals surface area contributed by atoms with E-state index in [1.807, 2.05) is 6.08 Å². The van der Waals surface area contributed by atoms with Crippen molar-refractivity contribution in [2.24, 2.45) is 5.16 Å². The molecule has 1 amide bonds. The van der Waals surface area contributed by atoms with Gasteiger partial charge < -0.3 is 24.3 Å². The first kappa shape index (κ1) is 26.6. The predicted octanol–water partition coefficient (Wildman–Crippen LogP) is 4.83. The number of aromatic hydroxyl groups is 1.